The van der Waals surface area contributed by atoms with E-state index in [0.717, 1.165) is 59.6 Å². The van der Waals surface area contributed by atoms with Crippen LogP contribution in [0.3, 0.4) is 0 Å². The molecule has 2 heterocycles. The average Bonchev–Trinajstić information content (AvgIpc) is 3.55. The molecule has 2 aromatic carbocycles. The zero-order valence-corrected chi connectivity index (χ0v) is 37.3. The number of hydrogen-bond acceptors (Lipinski definition) is 8. The molecule has 0 saturated carbocycles. The molecule has 3 amide bonds. The van der Waals surface area contributed by atoms with Gasteiger partial charge in [-0.15, -0.1) is 0 Å². The molecule has 4 rings (SSSR count). The smallest absolute Gasteiger partial charge is 0.326 e. The number of para-hydroxylation sites is 1. The van der Waals surface area contributed by atoms with Gasteiger partial charge in [0, 0.05) is 53.9 Å². The third-order valence-corrected chi connectivity index (χ3v) is 12.5. The second-order valence-corrected chi connectivity index (χ2v) is 18.3. The van der Waals surface area contributed by atoms with E-state index in [9.17, 15) is 47.2 Å². The van der Waals surface area contributed by atoms with Crippen molar-refractivity contribution in [1.82, 2.24) is 16.0 Å². The number of carboxylic acids is 3. The summed E-state index contributed by atoms with van der Waals surface area (Å²) in [5.74, 6) is -4.21. The molecule has 2 aliphatic rings. The fraction of sp³-hybridized carbons (Fsp3) is 0.511. The van der Waals surface area contributed by atoms with Crippen molar-refractivity contribution in [3.8, 4) is 0 Å². The molecule has 17 heteroatoms. The molecule has 0 spiro atoms. The first-order valence-electron chi connectivity index (χ1n) is 21.2. The first-order chi connectivity index (χ1) is 29.2. The first-order valence-corrected chi connectivity index (χ1v) is 22.7. The van der Waals surface area contributed by atoms with Gasteiger partial charge in [0.05, 0.1) is 10.3 Å². The quantitative estimate of drug-likeness (QED) is 0.0372. The van der Waals surface area contributed by atoms with Crippen molar-refractivity contribution >= 4 is 57.1 Å². The van der Waals surface area contributed by atoms with Gasteiger partial charge in [-0.1, -0.05) is 71.2 Å². The van der Waals surface area contributed by atoms with Crippen LogP contribution in [0.1, 0.15) is 117 Å². The molecule has 0 aliphatic carbocycles. The van der Waals surface area contributed by atoms with Gasteiger partial charge in [-0.2, -0.15) is 13.0 Å². The monoisotopic (exact) mass is 880 g/mol. The fourth-order valence-electron chi connectivity index (χ4n) is 8.23. The summed E-state index contributed by atoms with van der Waals surface area (Å²) in [5, 5.41) is 35.4. The molecule has 2 aliphatic heterocycles. The summed E-state index contributed by atoms with van der Waals surface area (Å²) in [6.07, 6.45) is 9.92. The third-order valence-electron chi connectivity index (χ3n) is 11.7. The molecule has 0 radical (unpaired) electrons. The number of unbranched alkanes of at least 4 members (excludes halogenated alkanes) is 3. The molecule has 0 saturated heterocycles. The van der Waals surface area contributed by atoms with E-state index in [4.69, 9.17) is 5.11 Å². The number of carbonyl (C=O) groups is 5. The number of carboxylic acid groups (broad SMARTS) is 3. The maximum Gasteiger partial charge on any atom is 0.326 e. The Morgan fingerprint density at radius 2 is 1.45 bits per heavy atom. The summed E-state index contributed by atoms with van der Waals surface area (Å²) < 4.78 is 36.3. The maximum absolute atomic E-state index is 14.2. The fourth-order valence-corrected chi connectivity index (χ4v) is 8.73. The van der Waals surface area contributed by atoms with Crippen LogP contribution in [0.5, 0.6) is 0 Å². The van der Waals surface area contributed by atoms with Crippen LogP contribution in [-0.2, 0) is 40.1 Å². The van der Waals surface area contributed by atoms with Gasteiger partial charge in [0.15, 0.2) is 5.71 Å². The number of urea groups is 1. The minimum absolute atomic E-state index is 0.00384. The number of nitrogens with one attached hydrogen (secondary N) is 3. The number of allylic oxidation sites excluding steroid dienone is 4. The van der Waals surface area contributed by atoms with Crippen molar-refractivity contribution in [3.63, 3.8) is 0 Å². The number of nitrogens with zero attached hydrogens (tertiary/aromatic N) is 2. The lowest BCUT2D eigenvalue weighted by Gasteiger charge is -2.33. The molecule has 3 atom stereocenters. The summed E-state index contributed by atoms with van der Waals surface area (Å²) in [6, 6.07) is 8.23. The van der Waals surface area contributed by atoms with E-state index in [-0.39, 0.29) is 30.2 Å². The summed E-state index contributed by atoms with van der Waals surface area (Å²) in [5.41, 5.74) is 4.43. The Hall–Kier alpha value is -5.55. The summed E-state index contributed by atoms with van der Waals surface area (Å²) in [4.78, 5) is 62.9. The standard InChI is InChI=1S/C45H61N5O11S/c1-7-9-18-36(40(53)46-26-14-13-17-32(41(54)55)47-43(58)48-33(42(56)57)23-25-39(51)52)50-35-19-12-11-16-30(35)44(3,4)38(50)21-15-20-37-45(5,6)31-28-29(62(59,60)61)22-24-34(31)49(37)27-10-8-2/h11-12,15-16,19-22,24,28,32-33,36H,7-10,13-14,17-18,23,25-27H2,1-6H3,(H6-,46,47,48,51,52,53,54,55,56,57,58,59,60,61)/p+1. The molecule has 2 aromatic rings. The molecule has 7 N–H and O–H groups in total. The number of fused-ring (bicyclic) bond motifs is 2. The van der Waals surface area contributed by atoms with Gasteiger partial charge in [-0.25, -0.2) is 14.4 Å². The lowest BCUT2D eigenvalue weighted by molar-refractivity contribution is -0.438. The zero-order chi connectivity index (χ0) is 46.0. The maximum atomic E-state index is 14.2. The molecular weight excluding hydrogens is 819 g/mol. The molecule has 16 nitrogen and oxygen atoms in total. The van der Waals surface area contributed by atoms with Gasteiger partial charge in [-0.05, 0) is 75.8 Å². The Kier molecular flexibility index (Phi) is 16.6. The van der Waals surface area contributed by atoms with Crippen molar-refractivity contribution in [2.24, 2.45) is 0 Å². The number of hydrogen-bond donors (Lipinski definition) is 7. The SMILES string of the molecule is CCCCC(C(=O)NCCCCC(NC(=O)NC(CCC(=O)O)C(=O)O)C(=O)O)N1C(=CC=CC2=[N+](CCCC)c3ccc(S(=O)(=O)O)cc3C2(C)C)C(C)(C)c2ccccc21. The summed E-state index contributed by atoms with van der Waals surface area (Å²) in [7, 11) is -4.41. The third kappa shape index (κ3) is 11.7. The number of amides is 3. The van der Waals surface area contributed by atoms with Gasteiger partial charge >= 0.3 is 23.9 Å². The number of benzene rings is 2. The normalized spacial score (nSPS) is 17.3. The van der Waals surface area contributed by atoms with E-state index in [1.54, 1.807) is 12.1 Å². The Morgan fingerprint density at radius 1 is 0.806 bits per heavy atom. The van der Waals surface area contributed by atoms with Crippen molar-refractivity contribution in [3.05, 3.63) is 77.5 Å². The average molecular weight is 881 g/mol. The van der Waals surface area contributed by atoms with Gasteiger partial charge in [0.2, 0.25) is 11.6 Å². The molecule has 62 heavy (non-hydrogen) atoms. The highest BCUT2D eigenvalue weighted by atomic mass is 32.2. The largest absolute Gasteiger partial charge is 0.481 e. The zero-order valence-electron chi connectivity index (χ0n) is 36.4. The predicted molar refractivity (Wildman–Crippen MR) is 235 cm³/mol. The molecule has 0 fully saturated rings. The second kappa shape index (κ2) is 21.0. The highest BCUT2D eigenvalue weighted by Gasteiger charge is 2.46. The van der Waals surface area contributed by atoms with Crippen molar-refractivity contribution in [2.75, 3.05) is 18.0 Å². The van der Waals surface area contributed by atoms with E-state index in [1.807, 2.05) is 50.3 Å². The van der Waals surface area contributed by atoms with Gasteiger partial charge in [-0.3, -0.25) is 14.1 Å². The molecule has 0 bridgehead atoms. The minimum atomic E-state index is -4.41. The minimum Gasteiger partial charge on any atom is -0.481 e. The van der Waals surface area contributed by atoms with E-state index in [2.05, 4.69) is 59.2 Å². The molecule has 0 aromatic heterocycles. The lowest BCUT2D eigenvalue weighted by atomic mass is 9.81. The van der Waals surface area contributed by atoms with Crippen LogP contribution in [0.2, 0.25) is 0 Å². The second-order valence-electron chi connectivity index (χ2n) is 16.9. The Morgan fingerprint density at radius 3 is 2.06 bits per heavy atom. The van der Waals surface area contributed by atoms with E-state index in [1.165, 1.54) is 6.07 Å². The first kappa shape index (κ1) is 49.1. The van der Waals surface area contributed by atoms with Crippen LogP contribution in [0, 0.1) is 0 Å². The van der Waals surface area contributed by atoms with Crippen LogP contribution in [0.25, 0.3) is 0 Å². The predicted octanol–water partition coefficient (Wildman–Crippen LogP) is 6.26. The van der Waals surface area contributed by atoms with Crippen LogP contribution < -0.4 is 20.9 Å². The Bertz CT molecular complexity index is 2210. The summed E-state index contributed by atoms with van der Waals surface area (Å²) in [6.45, 7) is 13.4. The molecule has 3 unspecified atom stereocenters. The number of anilines is 1. The van der Waals surface area contributed by atoms with Crippen LogP contribution >= 0.6 is 0 Å². The van der Waals surface area contributed by atoms with Crippen molar-refractivity contribution in [1.29, 1.82) is 0 Å². The highest BCUT2D eigenvalue weighted by molar-refractivity contribution is 7.85. The number of carbonyl (C=O) groups excluding carboxylic acids is 2. The Labute approximate surface area is 363 Å². The van der Waals surface area contributed by atoms with Crippen LogP contribution in [-0.4, -0.2) is 99.6 Å². The van der Waals surface area contributed by atoms with Gasteiger partial charge < -0.3 is 36.2 Å². The summed E-state index contributed by atoms with van der Waals surface area (Å²) >= 11 is 0. The number of aliphatic carboxylic acids is 3. The van der Waals surface area contributed by atoms with Crippen LogP contribution in [0.4, 0.5) is 16.2 Å². The highest BCUT2D eigenvalue weighted by Crippen LogP contribution is 2.49. The van der Waals surface area contributed by atoms with Crippen LogP contribution in [0.15, 0.2) is 71.3 Å². The van der Waals surface area contributed by atoms with Gasteiger partial charge in [0.1, 0.15) is 24.7 Å². The molecule has 338 valence electrons. The van der Waals surface area contributed by atoms with E-state index >= 15 is 0 Å². The number of rotatable bonds is 23. The van der Waals surface area contributed by atoms with E-state index in [0.29, 0.717) is 25.8 Å². The Balaban J connectivity index is 1.55. The van der Waals surface area contributed by atoms with Crippen molar-refractivity contribution < 1.29 is 56.8 Å². The topological polar surface area (TPSA) is 243 Å². The van der Waals surface area contributed by atoms with Gasteiger partial charge in [0.25, 0.3) is 10.1 Å². The van der Waals surface area contributed by atoms with Crippen molar-refractivity contribution in [2.45, 2.75) is 140 Å². The van der Waals surface area contributed by atoms with E-state index < -0.39 is 69.4 Å². The molecular formula is C45H62N5O11S+. The lowest BCUT2D eigenvalue weighted by Crippen LogP contribution is -2.51.